The summed E-state index contributed by atoms with van der Waals surface area (Å²) in [6, 6.07) is 16.0. The summed E-state index contributed by atoms with van der Waals surface area (Å²) in [6.45, 7) is 1.90. The fourth-order valence-corrected chi connectivity index (χ4v) is 5.02. The smallest absolute Gasteiger partial charge is 0.269 e. The van der Waals surface area contributed by atoms with E-state index in [-0.39, 0.29) is 23.6 Å². The molecule has 1 atom stereocenters. The molecule has 172 valence electrons. The molecular weight excluding hydrogens is 438 g/mol. The van der Waals surface area contributed by atoms with Gasteiger partial charge in [-0.2, -0.15) is 0 Å². The van der Waals surface area contributed by atoms with Gasteiger partial charge in [0, 0.05) is 29.5 Å². The molecule has 2 aromatic carbocycles. The number of carbonyl (C=O) groups is 1. The van der Waals surface area contributed by atoms with Crippen molar-refractivity contribution >= 4 is 23.4 Å². The first-order chi connectivity index (χ1) is 16.0. The fraction of sp³-hybridized carbons (Fsp3) is 0.375. The van der Waals surface area contributed by atoms with E-state index in [1.54, 1.807) is 12.1 Å². The lowest BCUT2D eigenvalue weighted by atomic mass is 9.88. The molecule has 0 bridgehead atoms. The van der Waals surface area contributed by atoms with E-state index >= 15 is 0 Å². The van der Waals surface area contributed by atoms with Crippen LogP contribution in [0.3, 0.4) is 0 Å². The Hall–Kier alpha value is -3.20. The molecule has 0 radical (unpaired) electrons. The zero-order chi connectivity index (χ0) is 23.2. The molecule has 1 amide bonds. The molecule has 4 rings (SSSR count). The number of thioether (sulfide) groups is 1. The van der Waals surface area contributed by atoms with Crippen LogP contribution in [0.1, 0.15) is 56.5 Å². The van der Waals surface area contributed by atoms with Crippen LogP contribution in [0.5, 0.6) is 0 Å². The Balaban J connectivity index is 1.60. The number of nitrogens with zero attached hydrogens (tertiary/aromatic N) is 4. The predicted molar refractivity (Wildman–Crippen MR) is 127 cm³/mol. The first-order valence-electron chi connectivity index (χ1n) is 11.2. The van der Waals surface area contributed by atoms with Crippen molar-refractivity contribution in [3.8, 4) is 5.69 Å². The third kappa shape index (κ3) is 5.60. The van der Waals surface area contributed by atoms with Crippen LogP contribution in [-0.4, -0.2) is 25.6 Å². The number of rotatable bonds is 8. The van der Waals surface area contributed by atoms with Gasteiger partial charge in [0.05, 0.1) is 11.0 Å². The van der Waals surface area contributed by atoms with Crippen LogP contribution in [0.2, 0.25) is 0 Å². The Kier molecular flexibility index (Phi) is 7.39. The van der Waals surface area contributed by atoms with Gasteiger partial charge < -0.3 is 5.32 Å². The van der Waals surface area contributed by atoms with Gasteiger partial charge >= 0.3 is 0 Å². The highest BCUT2D eigenvalue weighted by Gasteiger charge is 2.26. The second-order valence-corrected chi connectivity index (χ2v) is 9.23. The minimum atomic E-state index is -0.422. The zero-order valence-corrected chi connectivity index (χ0v) is 19.3. The van der Waals surface area contributed by atoms with Gasteiger partial charge in [-0.25, -0.2) is 0 Å². The van der Waals surface area contributed by atoms with E-state index in [0.29, 0.717) is 16.7 Å². The first kappa shape index (κ1) is 23.0. The number of carbonyl (C=O) groups excluding carboxylic acids is 1. The highest BCUT2D eigenvalue weighted by molar-refractivity contribution is 7.98. The molecule has 1 aromatic heterocycles. The van der Waals surface area contributed by atoms with Crippen LogP contribution in [0.4, 0.5) is 5.69 Å². The van der Waals surface area contributed by atoms with Crippen molar-refractivity contribution in [1.82, 2.24) is 20.1 Å². The lowest BCUT2D eigenvalue weighted by Crippen LogP contribution is -2.34. The van der Waals surface area contributed by atoms with Gasteiger partial charge in [0.1, 0.15) is 0 Å². The quantitative estimate of drug-likeness (QED) is 0.278. The average Bonchev–Trinajstić information content (AvgIpc) is 3.28. The first-order valence-corrected chi connectivity index (χ1v) is 12.2. The maximum atomic E-state index is 12.8. The lowest BCUT2D eigenvalue weighted by molar-refractivity contribution is -0.384. The number of nitrogens with one attached hydrogen (secondary N) is 1. The Morgan fingerprint density at radius 2 is 1.82 bits per heavy atom. The standard InChI is InChI=1S/C24H27N5O3S/c1-17(25-23(30)19-10-6-3-7-11-19)22-26-27-24(33-16-18-8-4-2-5-9-18)28(22)20-12-14-21(15-13-20)29(31)32/h2,4-5,8-9,12-15,17,19H,3,6-7,10-11,16H2,1H3,(H,25,30). The second kappa shape index (κ2) is 10.6. The van der Waals surface area contributed by atoms with Crippen molar-refractivity contribution < 1.29 is 9.72 Å². The van der Waals surface area contributed by atoms with Crippen molar-refractivity contribution in [3.05, 3.63) is 76.1 Å². The maximum Gasteiger partial charge on any atom is 0.269 e. The van der Waals surface area contributed by atoms with Gasteiger partial charge in [-0.05, 0) is 37.5 Å². The Labute approximate surface area is 197 Å². The minimum absolute atomic E-state index is 0.0190. The average molecular weight is 466 g/mol. The number of nitro benzene ring substituents is 1. The molecule has 1 N–H and O–H groups in total. The van der Waals surface area contributed by atoms with Gasteiger partial charge in [0.15, 0.2) is 11.0 Å². The van der Waals surface area contributed by atoms with E-state index in [4.69, 9.17) is 0 Å². The maximum absolute atomic E-state index is 12.8. The van der Waals surface area contributed by atoms with Gasteiger partial charge in [-0.15, -0.1) is 10.2 Å². The predicted octanol–water partition coefficient (Wildman–Crippen LogP) is 5.23. The highest BCUT2D eigenvalue weighted by Crippen LogP contribution is 2.29. The van der Waals surface area contributed by atoms with Gasteiger partial charge in [0.2, 0.25) is 5.91 Å². The van der Waals surface area contributed by atoms with E-state index in [1.165, 1.54) is 30.3 Å². The molecular formula is C24H27N5O3S. The van der Waals surface area contributed by atoms with Crippen LogP contribution in [0, 0.1) is 16.0 Å². The summed E-state index contributed by atoms with van der Waals surface area (Å²) in [4.78, 5) is 23.5. The number of non-ortho nitro benzene ring substituents is 1. The summed E-state index contributed by atoms with van der Waals surface area (Å²) < 4.78 is 1.88. The van der Waals surface area contributed by atoms with Gasteiger partial charge in [-0.3, -0.25) is 19.5 Å². The molecule has 33 heavy (non-hydrogen) atoms. The molecule has 1 saturated carbocycles. The van der Waals surface area contributed by atoms with Crippen LogP contribution >= 0.6 is 11.8 Å². The summed E-state index contributed by atoms with van der Waals surface area (Å²) in [6.07, 6.45) is 5.21. The van der Waals surface area contributed by atoms with Crippen molar-refractivity contribution in [2.24, 2.45) is 5.92 Å². The Morgan fingerprint density at radius 1 is 1.12 bits per heavy atom. The second-order valence-electron chi connectivity index (χ2n) is 8.29. The third-order valence-electron chi connectivity index (χ3n) is 5.91. The van der Waals surface area contributed by atoms with Gasteiger partial charge in [-0.1, -0.05) is 61.4 Å². The molecule has 1 aliphatic rings. The molecule has 3 aromatic rings. The van der Waals surface area contributed by atoms with E-state index < -0.39 is 4.92 Å². The van der Waals surface area contributed by atoms with E-state index in [1.807, 2.05) is 41.8 Å². The molecule has 0 aliphatic heterocycles. The molecule has 1 fully saturated rings. The topological polar surface area (TPSA) is 103 Å². The van der Waals surface area contributed by atoms with E-state index in [9.17, 15) is 14.9 Å². The molecule has 1 unspecified atom stereocenters. The van der Waals surface area contributed by atoms with Crippen molar-refractivity contribution in [3.63, 3.8) is 0 Å². The summed E-state index contributed by atoms with van der Waals surface area (Å²) in [5.74, 6) is 1.40. The zero-order valence-electron chi connectivity index (χ0n) is 18.5. The largest absolute Gasteiger partial charge is 0.346 e. The number of benzene rings is 2. The van der Waals surface area contributed by atoms with Crippen LogP contribution in [-0.2, 0) is 10.5 Å². The molecule has 0 spiro atoms. The van der Waals surface area contributed by atoms with Crippen molar-refractivity contribution in [2.75, 3.05) is 0 Å². The molecule has 8 nitrogen and oxygen atoms in total. The third-order valence-corrected chi connectivity index (χ3v) is 6.91. The summed E-state index contributed by atoms with van der Waals surface area (Å²) >= 11 is 1.53. The molecule has 1 heterocycles. The Morgan fingerprint density at radius 3 is 2.48 bits per heavy atom. The summed E-state index contributed by atoms with van der Waals surface area (Å²) in [5.41, 5.74) is 1.89. The number of hydrogen-bond donors (Lipinski definition) is 1. The molecule has 9 heteroatoms. The molecule has 0 saturated heterocycles. The van der Waals surface area contributed by atoms with E-state index in [2.05, 4.69) is 15.5 Å². The number of amides is 1. The normalized spacial score (nSPS) is 15.2. The summed E-state index contributed by atoms with van der Waals surface area (Å²) in [5, 5.41) is 23.7. The van der Waals surface area contributed by atoms with Crippen molar-refractivity contribution in [1.29, 1.82) is 0 Å². The monoisotopic (exact) mass is 465 g/mol. The van der Waals surface area contributed by atoms with Gasteiger partial charge in [0.25, 0.3) is 5.69 Å². The minimum Gasteiger partial charge on any atom is -0.346 e. The van der Waals surface area contributed by atoms with E-state index in [0.717, 1.165) is 36.9 Å². The number of hydrogen-bond acceptors (Lipinski definition) is 6. The number of nitro groups is 1. The lowest BCUT2D eigenvalue weighted by Gasteiger charge is -2.23. The summed E-state index contributed by atoms with van der Waals surface area (Å²) in [7, 11) is 0. The SMILES string of the molecule is CC(NC(=O)C1CCCCC1)c1nnc(SCc2ccccc2)n1-c1ccc([N+](=O)[O-])cc1. The van der Waals surface area contributed by atoms with Crippen LogP contribution in [0.25, 0.3) is 5.69 Å². The molecule has 1 aliphatic carbocycles. The van der Waals surface area contributed by atoms with Crippen LogP contribution in [0.15, 0.2) is 59.8 Å². The van der Waals surface area contributed by atoms with Crippen molar-refractivity contribution in [2.45, 2.75) is 56.0 Å². The van der Waals surface area contributed by atoms with Crippen LogP contribution < -0.4 is 5.32 Å². The highest BCUT2D eigenvalue weighted by atomic mass is 32.2. The number of aromatic nitrogens is 3. The Bertz CT molecular complexity index is 1100. The fourth-order valence-electron chi connectivity index (χ4n) is 4.10.